The van der Waals surface area contributed by atoms with Crippen LogP contribution in [0.4, 0.5) is 11.6 Å². The second kappa shape index (κ2) is 16.3. The number of carbonyl (C=O) groups excluding carboxylic acids is 4. The second-order valence-electron chi connectivity index (χ2n) is 14.9. The van der Waals surface area contributed by atoms with Crippen molar-refractivity contribution in [1.82, 2.24) is 25.5 Å². The molecule has 1 aromatic heterocycles. The van der Waals surface area contributed by atoms with Crippen LogP contribution < -0.4 is 30.3 Å². The van der Waals surface area contributed by atoms with Crippen LogP contribution >= 0.6 is 0 Å². The first-order valence-electron chi connectivity index (χ1n) is 18.8. The van der Waals surface area contributed by atoms with E-state index < -0.39 is 17.9 Å². The van der Waals surface area contributed by atoms with Crippen molar-refractivity contribution in [2.75, 3.05) is 43.4 Å². The SMILES string of the molecule is CN(C(=O)c1cc(NC2CC(Oc3ccc(C(C)(C)c4ccc(OCc5ccnc(N6CCNCC6)n5)cc4)cc3)C2)ccc1C=O)C1CCC(=O)NC1=O. The van der Waals surface area contributed by atoms with Gasteiger partial charge in [0.25, 0.3) is 5.91 Å². The minimum atomic E-state index is -0.781. The van der Waals surface area contributed by atoms with Crippen LogP contribution in [0, 0.1) is 0 Å². The summed E-state index contributed by atoms with van der Waals surface area (Å²) in [5.74, 6) is 1.00. The number of aldehydes is 1. The maximum atomic E-state index is 13.4. The molecule has 3 aliphatic rings. The Morgan fingerprint density at radius 3 is 2.35 bits per heavy atom. The van der Waals surface area contributed by atoms with Gasteiger partial charge in [0.1, 0.15) is 30.3 Å². The summed E-state index contributed by atoms with van der Waals surface area (Å²) in [6, 6.07) is 22.7. The van der Waals surface area contributed by atoms with E-state index in [1.165, 1.54) is 11.9 Å². The van der Waals surface area contributed by atoms with Crippen molar-refractivity contribution in [3.8, 4) is 11.5 Å². The van der Waals surface area contributed by atoms with E-state index in [1.807, 2.05) is 30.3 Å². The lowest BCUT2D eigenvalue weighted by molar-refractivity contribution is -0.136. The summed E-state index contributed by atoms with van der Waals surface area (Å²) in [5.41, 5.74) is 4.06. The average molecular weight is 746 g/mol. The molecule has 3 fully saturated rings. The lowest BCUT2D eigenvalue weighted by Crippen LogP contribution is -2.53. The van der Waals surface area contributed by atoms with Crippen LogP contribution in [0.25, 0.3) is 0 Å². The van der Waals surface area contributed by atoms with Gasteiger partial charge in [0.15, 0.2) is 6.29 Å². The molecule has 3 N–H and O–H groups in total. The van der Waals surface area contributed by atoms with E-state index in [2.05, 4.69) is 63.9 Å². The van der Waals surface area contributed by atoms with Gasteiger partial charge in [-0.05, 0) is 66.1 Å². The third kappa shape index (κ3) is 8.62. The molecular weight excluding hydrogens is 699 g/mol. The van der Waals surface area contributed by atoms with E-state index >= 15 is 0 Å². The van der Waals surface area contributed by atoms with Crippen LogP contribution in [-0.2, 0) is 21.6 Å². The Morgan fingerprint density at radius 1 is 0.982 bits per heavy atom. The van der Waals surface area contributed by atoms with Crippen LogP contribution in [0.15, 0.2) is 79.0 Å². The largest absolute Gasteiger partial charge is 0.490 e. The van der Waals surface area contributed by atoms with E-state index in [9.17, 15) is 19.2 Å². The maximum absolute atomic E-state index is 13.4. The Kier molecular flexibility index (Phi) is 11.1. The monoisotopic (exact) mass is 745 g/mol. The molecule has 3 aromatic carbocycles. The van der Waals surface area contributed by atoms with Crippen molar-refractivity contribution in [3.05, 3.63) is 107 Å². The molecule has 286 valence electrons. The van der Waals surface area contributed by atoms with Gasteiger partial charge in [0, 0.05) is 81.4 Å². The number of ether oxygens (including phenoxy) is 2. The van der Waals surface area contributed by atoms with Crippen molar-refractivity contribution < 1.29 is 28.7 Å². The normalized spacial score (nSPS) is 19.8. The summed E-state index contributed by atoms with van der Waals surface area (Å²) in [4.78, 5) is 61.7. The Labute approximate surface area is 320 Å². The summed E-state index contributed by atoms with van der Waals surface area (Å²) in [5, 5.41) is 9.08. The number of aromatic nitrogens is 2. The third-order valence-corrected chi connectivity index (χ3v) is 10.8. The Morgan fingerprint density at radius 2 is 1.67 bits per heavy atom. The Bertz CT molecular complexity index is 2030. The summed E-state index contributed by atoms with van der Waals surface area (Å²) in [7, 11) is 1.51. The fraction of sp³-hybridized carbons (Fsp3) is 0.381. The molecule has 3 amide bonds. The van der Waals surface area contributed by atoms with Crippen LogP contribution in [0.5, 0.6) is 11.5 Å². The first kappa shape index (κ1) is 37.5. The van der Waals surface area contributed by atoms with Crippen molar-refractivity contribution in [1.29, 1.82) is 0 Å². The van der Waals surface area contributed by atoms with Gasteiger partial charge < -0.3 is 29.9 Å². The van der Waals surface area contributed by atoms with Crippen molar-refractivity contribution in [2.45, 2.75) is 69.7 Å². The molecule has 2 aliphatic heterocycles. The number of anilines is 2. The lowest BCUT2D eigenvalue weighted by atomic mass is 9.78. The number of piperidine rings is 1. The number of piperazine rings is 1. The number of nitrogens with one attached hydrogen (secondary N) is 3. The van der Waals surface area contributed by atoms with Crippen LogP contribution in [0.3, 0.4) is 0 Å². The molecule has 1 atom stereocenters. The molecular formula is C42H47N7O6. The van der Waals surface area contributed by atoms with Crippen LogP contribution in [0.1, 0.15) is 77.1 Å². The van der Waals surface area contributed by atoms with E-state index in [1.54, 1.807) is 24.4 Å². The van der Waals surface area contributed by atoms with E-state index in [0.717, 1.165) is 73.3 Å². The van der Waals surface area contributed by atoms with Crippen molar-refractivity contribution >= 4 is 35.6 Å². The van der Waals surface area contributed by atoms with Crippen LogP contribution in [-0.4, -0.2) is 90.3 Å². The number of rotatable bonds is 13. The van der Waals surface area contributed by atoms with Gasteiger partial charge in [-0.2, -0.15) is 0 Å². The zero-order valence-electron chi connectivity index (χ0n) is 31.4. The number of amides is 3. The molecule has 1 saturated carbocycles. The first-order valence-corrected chi connectivity index (χ1v) is 18.8. The molecule has 55 heavy (non-hydrogen) atoms. The Balaban J connectivity index is 0.894. The highest BCUT2D eigenvalue weighted by Crippen LogP contribution is 2.35. The van der Waals surface area contributed by atoms with Gasteiger partial charge in [0.05, 0.1) is 11.3 Å². The highest BCUT2D eigenvalue weighted by molar-refractivity contribution is 6.06. The topological polar surface area (TPSA) is 155 Å². The molecule has 1 unspecified atom stereocenters. The van der Waals surface area contributed by atoms with Crippen molar-refractivity contribution in [3.63, 3.8) is 0 Å². The van der Waals surface area contributed by atoms with Crippen LogP contribution in [0.2, 0.25) is 0 Å². The van der Waals surface area contributed by atoms with Gasteiger partial charge >= 0.3 is 0 Å². The number of likely N-dealkylation sites (N-methyl/N-ethyl adjacent to an activating group) is 1. The van der Waals surface area contributed by atoms with Gasteiger partial charge in [-0.3, -0.25) is 24.5 Å². The predicted molar refractivity (Wildman–Crippen MR) is 208 cm³/mol. The molecule has 7 rings (SSSR count). The zero-order chi connectivity index (χ0) is 38.5. The molecule has 3 heterocycles. The highest BCUT2D eigenvalue weighted by atomic mass is 16.5. The molecule has 13 heteroatoms. The average Bonchev–Trinajstić information content (AvgIpc) is 3.19. The number of hydrogen-bond acceptors (Lipinski definition) is 11. The Hall–Kier alpha value is -5.82. The molecule has 1 aliphatic carbocycles. The quantitative estimate of drug-likeness (QED) is 0.131. The predicted octanol–water partition coefficient (Wildman–Crippen LogP) is 4.50. The van der Waals surface area contributed by atoms with Gasteiger partial charge in [-0.1, -0.05) is 38.1 Å². The highest BCUT2D eigenvalue weighted by Gasteiger charge is 2.34. The molecule has 0 radical (unpaired) electrons. The molecule has 2 saturated heterocycles. The standard InChI is InChI=1S/C42H47N7O6/c1-42(2,28-5-10-33(11-6-28)54-26-31-16-17-44-41(46-31)49-20-18-43-19-21-49)29-7-12-34(13-8-29)55-35-22-32(23-35)45-30-9-4-27(25-50)36(24-30)40(53)48(3)37-14-15-38(51)47-39(37)52/h4-13,16-17,24-25,32,35,37,43,45H,14-15,18-23,26H2,1-3H3,(H,47,51,52). The van der Waals surface area contributed by atoms with Gasteiger partial charge in [0.2, 0.25) is 17.8 Å². The first-order chi connectivity index (χ1) is 26.6. The summed E-state index contributed by atoms with van der Waals surface area (Å²) in [6.07, 6.45) is 4.39. The minimum absolute atomic E-state index is 0.0360. The summed E-state index contributed by atoms with van der Waals surface area (Å²) < 4.78 is 12.4. The number of nitrogens with zero attached hydrogens (tertiary/aromatic N) is 4. The number of hydrogen-bond donors (Lipinski definition) is 3. The van der Waals surface area contributed by atoms with E-state index in [-0.39, 0.29) is 47.4 Å². The molecule has 4 aromatic rings. The van der Waals surface area contributed by atoms with E-state index in [0.29, 0.717) is 18.6 Å². The maximum Gasteiger partial charge on any atom is 0.255 e. The molecule has 13 nitrogen and oxygen atoms in total. The fourth-order valence-corrected chi connectivity index (χ4v) is 7.25. The number of imide groups is 1. The van der Waals surface area contributed by atoms with Crippen molar-refractivity contribution in [2.24, 2.45) is 0 Å². The fourth-order valence-electron chi connectivity index (χ4n) is 7.25. The third-order valence-electron chi connectivity index (χ3n) is 10.8. The minimum Gasteiger partial charge on any atom is -0.490 e. The summed E-state index contributed by atoms with van der Waals surface area (Å²) in [6.45, 7) is 8.41. The molecule has 0 bridgehead atoms. The molecule has 0 spiro atoms. The van der Waals surface area contributed by atoms with E-state index in [4.69, 9.17) is 14.5 Å². The summed E-state index contributed by atoms with van der Waals surface area (Å²) >= 11 is 0. The number of benzene rings is 3. The second-order valence-corrected chi connectivity index (χ2v) is 14.9. The van der Waals surface area contributed by atoms with Gasteiger partial charge in [-0.15, -0.1) is 0 Å². The number of carbonyl (C=O) groups is 4. The van der Waals surface area contributed by atoms with Gasteiger partial charge in [-0.25, -0.2) is 9.97 Å². The smallest absolute Gasteiger partial charge is 0.255 e. The lowest BCUT2D eigenvalue weighted by Gasteiger charge is -2.36. The zero-order valence-corrected chi connectivity index (χ0v) is 31.4.